The summed E-state index contributed by atoms with van der Waals surface area (Å²) in [6.45, 7) is -0.569. The lowest BCUT2D eigenvalue weighted by atomic mass is 9.93. The van der Waals surface area contributed by atoms with Gasteiger partial charge in [0.15, 0.2) is 0 Å². The lowest BCUT2D eigenvalue weighted by Crippen LogP contribution is -2.48. The van der Waals surface area contributed by atoms with Crippen molar-refractivity contribution in [1.29, 1.82) is 0 Å². The van der Waals surface area contributed by atoms with Crippen molar-refractivity contribution in [2.75, 3.05) is 25.5 Å². The number of rotatable bonds is 12. The third-order valence-electron chi connectivity index (χ3n) is 8.78. The molecule has 0 unspecified atom stereocenters. The zero-order valence-corrected chi connectivity index (χ0v) is 27.2. The molecule has 1 saturated carbocycles. The summed E-state index contributed by atoms with van der Waals surface area (Å²) < 4.78 is 0. The highest BCUT2D eigenvalue weighted by atomic mass is 16.4. The second-order valence-corrected chi connectivity index (χ2v) is 12.4. The smallest absolute Gasteiger partial charge is 0.335 e. The predicted molar refractivity (Wildman–Crippen MR) is 185 cm³/mol. The molecule has 0 aliphatic heterocycles. The Bertz CT molecular complexity index is 1630. The van der Waals surface area contributed by atoms with E-state index in [4.69, 9.17) is 20.4 Å². The lowest BCUT2D eigenvalue weighted by molar-refractivity contribution is -0.113. The number of H-pyrrole nitrogens is 1. The van der Waals surface area contributed by atoms with E-state index in [0.717, 1.165) is 28.8 Å². The van der Waals surface area contributed by atoms with Crippen LogP contribution >= 0.6 is 0 Å². The monoisotopic (exact) mass is 661 g/mol. The van der Waals surface area contributed by atoms with Gasteiger partial charge in [0.25, 0.3) is 5.91 Å². The quantitative estimate of drug-likeness (QED) is 0.101. The van der Waals surface area contributed by atoms with Crippen molar-refractivity contribution < 1.29 is 40.2 Å². The Balaban J connectivity index is 0.000000341. The molecule has 5 rings (SSSR count). The van der Waals surface area contributed by atoms with E-state index >= 15 is 0 Å². The van der Waals surface area contributed by atoms with Gasteiger partial charge >= 0.3 is 5.97 Å². The molecular formula is C37H47N3O8. The molecule has 258 valence electrons. The van der Waals surface area contributed by atoms with Crippen LogP contribution in [0.5, 0.6) is 0 Å². The first-order chi connectivity index (χ1) is 23.1. The zero-order valence-electron chi connectivity index (χ0n) is 27.2. The van der Waals surface area contributed by atoms with Gasteiger partial charge in [0.1, 0.15) is 18.3 Å². The maximum atomic E-state index is 13.4. The Kier molecular flexibility index (Phi) is 13.7. The zero-order chi connectivity index (χ0) is 34.6. The second kappa shape index (κ2) is 17.9. The first-order valence-corrected chi connectivity index (χ1v) is 16.4. The lowest BCUT2D eigenvalue weighted by Gasteiger charge is -2.25. The van der Waals surface area contributed by atoms with Crippen molar-refractivity contribution in [3.63, 3.8) is 0 Å². The predicted octanol–water partition coefficient (Wildman–Crippen LogP) is 3.94. The van der Waals surface area contributed by atoms with Crippen molar-refractivity contribution >= 4 is 28.3 Å². The molecule has 1 fully saturated rings. The van der Waals surface area contributed by atoms with Crippen LogP contribution < -0.4 is 10.6 Å². The van der Waals surface area contributed by atoms with E-state index < -0.39 is 37.0 Å². The highest BCUT2D eigenvalue weighted by Crippen LogP contribution is 2.31. The molecule has 11 heteroatoms. The number of anilines is 1. The maximum Gasteiger partial charge on any atom is 0.335 e. The van der Waals surface area contributed by atoms with E-state index in [0.29, 0.717) is 17.2 Å². The Morgan fingerprint density at radius 2 is 1.52 bits per heavy atom. The van der Waals surface area contributed by atoms with E-state index in [-0.39, 0.29) is 18.0 Å². The number of likely N-dealkylation sites (N-methyl/N-ethyl adjacent to an activating group) is 1. The van der Waals surface area contributed by atoms with Crippen LogP contribution in [0, 0.1) is 5.92 Å². The number of hydrogen-bond acceptors (Lipinski definition) is 8. The van der Waals surface area contributed by atoms with Crippen molar-refractivity contribution in [3.8, 4) is 11.3 Å². The molecule has 1 aliphatic rings. The van der Waals surface area contributed by atoms with Gasteiger partial charge in [-0.2, -0.15) is 0 Å². The standard InChI is InChI=1S/C30H30N2O3.C7H17NO5/c33-29(31-25-13-7-12-24(18-25)30(34)35)26-19-27(23-15-14-21-10-5-6-11-22(21)17-23)32-28(26)16-20-8-3-1-2-4-9-20;1-8-2-4(10)6(12)7(13)5(11)3-9/h5-7,10-15,17-20,32H,1-4,8-9,16H2,(H,31,33)(H,34,35);4-13H,2-3H2,1H3/t;4-,5+,6+,7+/m.0/s1. The normalized spacial score (nSPS) is 16.2. The first-order valence-electron chi connectivity index (χ1n) is 16.4. The highest BCUT2D eigenvalue weighted by molar-refractivity contribution is 6.06. The largest absolute Gasteiger partial charge is 0.478 e. The molecule has 0 saturated heterocycles. The molecule has 1 heterocycles. The van der Waals surface area contributed by atoms with Gasteiger partial charge in [0.2, 0.25) is 0 Å². The summed E-state index contributed by atoms with van der Waals surface area (Å²) in [7, 11) is 1.57. The van der Waals surface area contributed by atoms with Gasteiger partial charge in [-0.3, -0.25) is 4.79 Å². The third-order valence-corrected chi connectivity index (χ3v) is 8.78. The molecular weight excluding hydrogens is 614 g/mol. The van der Waals surface area contributed by atoms with E-state index in [1.807, 2.05) is 18.2 Å². The number of aromatic amines is 1. The number of aromatic nitrogens is 1. The number of hydrogen-bond donors (Lipinski definition) is 9. The fourth-order valence-electron chi connectivity index (χ4n) is 6.05. The van der Waals surface area contributed by atoms with Gasteiger partial charge in [-0.15, -0.1) is 0 Å². The molecule has 1 aliphatic carbocycles. The van der Waals surface area contributed by atoms with Gasteiger partial charge in [0, 0.05) is 23.6 Å². The molecule has 11 nitrogen and oxygen atoms in total. The van der Waals surface area contributed by atoms with Crippen LogP contribution in [0.15, 0.2) is 72.8 Å². The van der Waals surface area contributed by atoms with Gasteiger partial charge in [-0.25, -0.2) is 4.79 Å². The maximum absolute atomic E-state index is 13.4. The van der Waals surface area contributed by atoms with Crippen LogP contribution in [0.4, 0.5) is 5.69 Å². The van der Waals surface area contributed by atoms with Crippen molar-refractivity contribution in [2.24, 2.45) is 5.92 Å². The van der Waals surface area contributed by atoms with E-state index in [2.05, 4.69) is 45.9 Å². The molecule has 1 aromatic heterocycles. The Morgan fingerprint density at radius 1 is 0.833 bits per heavy atom. The fraction of sp³-hybridized carbons (Fsp3) is 0.405. The summed E-state index contributed by atoms with van der Waals surface area (Å²) in [5, 5.41) is 62.0. The number of carboxylic acid groups (broad SMARTS) is 1. The van der Waals surface area contributed by atoms with Crippen LogP contribution in [-0.2, 0) is 6.42 Å². The van der Waals surface area contributed by atoms with Gasteiger partial charge < -0.3 is 46.3 Å². The molecule has 0 radical (unpaired) electrons. The summed E-state index contributed by atoms with van der Waals surface area (Å²) in [5.41, 5.74) is 4.16. The molecule has 0 bridgehead atoms. The summed E-state index contributed by atoms with van der Waals surface area (Å²) >= 11 is 0. The average molecular weight is 662 g/mol. The SMILES string of the molecule is CNC[C@H](O)[C@@H](O)[C@H](O)[C@H](O)CO.O=C(O)c1cccc(NC(=O)c2cc(-c3ccc4ccccc4c3)[nH]c2CC2CCCCCC2)c1. The van der Waals surface area contributed by atoms with E-state index in [1.165, 1.54) is 56.0 Å². The Morgan fingerprint density at radius 3 is 2.19 bits per heavy atom. The van der Waals surface area contributed by atoms with Crippen LogP contribution in [0.2, 0.25) is 0 Å². The van der Waals surface area contributed by atoms with Gasteiger partial charge in [-0.05, 0) is 66.1 Å². The number of amides is 1. The molecule has 0 spiro atoms. The van der Waals surface area contributed by atoms with Crippen molar-refractivity contribution in [1.82, 2.24) is 10.3 Å². The second-order valence-electron chi connectivity index (χ2n) is 12.4. The molecule has 9 N–H and O–H groups in total. The Labute approximate surface area is 280 Å². The van der Waals surface area contributed by atoms with Gasteiger partial charge in [-0.1, -0.05) is 81.0 Å². The van der Waals surface area contributed by atoms with Crippen molar-refractivity contribution in [2.45, 2.75) is 69.4 Å². The molecule has 1 amide bonds. The number of carbonyl (C=O) groups excluding carboxylic acids is 1. The number of aliphatic hydroxyl groups excluding tert-OH is 5. The third kappa shape index (κ3) is 9.96. The van der Waals surface area contributed by atoms with E-state index in [1.54, 1.807) is 19.2 Å². The minimum atomic E-state index is -1.55. The number of aliphatic hydroxyl groups is 5. The highest BCUT2D eigenvalue weighted by Gasteiger charge is 2.29. The summed E-state index contributed by atoms with van der Waals surface area (Å²) in [6.07, 6.45) is 2.63. The summed E-state index contributed by atoms with van der Waals surface area (Å²) in [5.74, 6) is -0.683. The van der Waals surface area contributed by atoms with Crippen molar-refractivity contribution in [3.05, 3.63) is 89.6 Å². The number of carbonyl (C=O) groups is 2. The number of nitrogens with one attached hydrogen (secondary N) is 3. The van der Waals surface area contributed by atoms with Crippen LogP contribution in [0.1, 0.15) is 64.9 Å². The summed E-state index contributed by atoms with van der Waals surface area (Å²) in [6, 6.07) is 22.9. The topological polar surface area (TPSA) is 195 Å². The molecule has 4 atom stereocenters. The first kappa shape index (κ1) is 36.7. The number of fused-ring (bicyclic) bond motifs is 1. The van der Waals surface area contributed by atoms with E-state index in [9.17, 15) is 19.8 Å². The number of benzene rings is 3. The van der Waals surface area contributed by atoms with Gasteiger partial charge in [0.05, 0.1) is 23.8 Å². The number of carboxylic acids is 1. The fourth-order valence-corrected chi connectivity index (χ4v) is 6.05. The number of aromatic carboxylic acids is 1. The average Bonchev–Trinajstić information content (AvgIpc) is 3.35. The molecule has 48 heavy (non-hydrogen) atoms. The Hall–Kier alpha value is -4.10. The molecule has 3 aromatic carbocycles. The molecule has 4 aromatic rings. The minimum absolute atomic E-state index is 0.0936. The van der Waals surface area contributed by atoms with Crippen LogP contribution in [0.25, 0.3) is 22.0 Å². The summed E-state index contributed by atoms with van der Waals surface area (Å²) in [4.78, 5) is 28.3. The van der Waals surface area contributed by atoms with Crippen LogP contribution in [0.3, 0.4) is 0 Å². The minimum Gasteiger partial charge on any atom is -0.478 e. The van der Waals surface area contributed by atoms with Crippen LogP contribution in [-0.4, -0.2) is 92.1 Å².